The second-order valence-corrected chi connectivity index (χ2v) is 7.44. The Labute approximate surface area is 174 Å². The zero-order chi connectivity index (χ0) is 19.6. The highest BCUT2D eigenvalue weighted by atomic mass is 79.9. The van der Waals surface area contributed by atoms with Gasteiger partial charge in [0.25, 0.3) is 0 Å². The summed E-state index contributed by atoms with van der Waals surface area (Å²) in [6.07, 6.45) is 6.30. The largest absolute Gasteiger partial charge is 0.493 e. The SMILES string of the molecule is CCCCCCOc1c(Cl)cc(/C=C(\C#N)c2ccc(Br)cc2)cc1OC. The number of nitrogens with zero attached hydrogens (tertiary/aromatic N) is 1. The molecule has 0 N–H and O–H groups in total. The average Bonchev–Trinajstić information content (AvgIpc) is 2.67. The molecule has 5 heteroatoms. The number of rotatable bonds is 9. The summed E-state index contributed by atoms with van der Waals surface area (Å²) in [5, 5.41) is 10.0. The summed E-state index contributed by atoms with van der Waals surface area (Å²) >= 11 is 9.83. The number of halogens is 2. The predicted octanol–water partition coefficient (Wildman–Crippen LogP) is 7.13. The number of nitriles is 1. The smallest absolute Gasteiger partial charge is 0.179 e. The normalized spacial score (nSPS) is 11.1. The van der Waals surface area contributed by atoms with Gasteiger partial charge in [-0.25, -0.2) is 0 Å². The molecular formula is C22H23BrClNO2. The number of allylic oxidation sites excluding steroid dienone is 1. The van der Waals surface area contributed by atoms with Crippen molar-refractivity contribution < 1.29 is 9.47 Å². The van der Waals surface area contributed by atoms with Crippen LogP contribution in [0.5, 0.6) is 11.5 Å². The molecule has 0 spiro atoms. The fraction of sp³-hybridized carbons (Fsp3) is 0.318. The van der Waals surface area contributed by atoms with E-state index in [0.29, 0.717) is 28.7 Å². The molecule has 0 aliphatic carbocycles. The van der Waals surface area contributed by atoms with Crippen LogP contribution in [0.1, 0.15) is 43.7 Å². The van der Waals surface area contributed by atoms with E-state index in [0.717, 1.165) is 28.4 Å². The van der Waals surface area contributed by atoms with E-state index < -0.39 is 0 Å². The molecular weight excluding hydrogens is 426 g/mol. The number of hydrogen-bond donors (Lipinski definition) is 0. The molecule has 2 aromatic rings. The fourth-order valence-corrected chi connectivity index (χ4v) is 3.18. The molecule has 0 aliphatic rings. The van der Waals surface area contributed by atoms with E-state index in [2.05, 4.69) is 28.9 Å². The van der Waals surface area contributed by atoms with Gasteiger partial charge in [-0.3, -0.25) is 0 Å². The van der Waals surface area contributed by atoms with Gasteiger partial charge in [-0.05, 0) is 47.9 Å². The van der Waals surface area contributed by atoms with Crippen LogP contribution in [0.2, 0.25) is 5.02 Å². The van der Waals surface area contributed by atoms with Crippen molar-refractivity contribution in [2.45, 2.75) is 32.6 Å². The van der Waals surface area contributed by atoms with Crippen molar-refractivity contribution in [3.05, 3.63) is 57.0 Å². The van der Waals surface area contributed by atoms with Gasteiger partial charge >= 0.3 is 0 Å². The first-order chi connectivity index (χ1) is 13.1. The molecule has 0 bridgehead atoms. The highest BCUT2D eigenvalue weighted by Crippen LogP contribution is 2.37. The lowest BCUT2D eigenvalue weighted by Crippen LogP contribution is -2.00. The Balaban J connectivity index is 2.23. The van der Waals surface area contributed by atoms with Gasteiger partial charge in [-0.1, -0.05) is 65.8 Å². The topological polar surface area (TPSA) is 42.2 Å². The van der Waals surface area contributed by atoms with Crippen LogP contribution in [0.25, 0.3) is 11.6 Å². The Morgan fingerprint density at radius 1 is 1.19 bits per heavy atom. The minimum absolute atomic E-state index is 0.476. The second kappa shape index (κ2) is 11.0. The molecule has 2 rings (SSSR count). The third-order valence-electron chi connectivity index (χ3n) is 4.08. The summed E-state index contributed by atoms with van der Waals surface area (Å²) in [6.45, 7) is 2.78. The lowest BCUT2D eigenvalue weighted by atomic mass is 10.0. The number of methoxy groups -OCH3 is 1. The summed E-state index contributed by atoms with van der Waals surface area (Å²) in [4.78, 5) is 0. The highest BCUT2D eigenvalue weighted by molar-refractivity contribution is 9.10. The Morgan fingerprint density at radius 2 is 1.93 bits per heavy atom. The van der Waals surface area contributed by atoms with Crippen molar-refractivity contribution in [3.8, 4) is 17.6 Å². The summed E-state index contributed by atoms with van der Waals surface area (Å²) in [6, 6.07) is 13.5. The van der Waals surface area contributed by atoms with Crippen molar-refractivity contribution in [1.29, 1.82) is 5.26 Å². The Morgan fingerprint density at radius 3 is 2.56 bits per heavy atom. The predicted molar refractivity (Wildman–Crippen MR) is 115 cm³/mol. The van der Waals surface area contributed by atoms with Crippen LogP contribution in [-0.2, 0) is 0 Å². The zero-order valence-electron chi connectivity index (χ0n) is 15.6. The van der Waals surface area contributed by atoms with Crippen molar-refractivity contribution in [2.24, 2.45) is 0 Å². The third kappa shape index (κ3) is 6.30. The molecule has 0 saturated heterocycles. The second-order valence-electron chi connectivity index (χ2n) is 6.12. The van der Waals surface area contributed by atoms with Crippen molar-refractivity contribution >= 4 is 39.2 Å². The zero-order valence-corrected chi connectivity index (χ0v) is 17.9. The van der Waals surface area contributed by atoms with E-state index in [1.807, 2.05) is 30.3 Å². The van der Waals surface area contributed by atoms with E-state index in [9.17, 15) is 5.26 Å². The molecule has 0 atom stereocenters. The summed E-state index contributed by atoms with van der Waals surface area (Å²) in [5.41, 5.74) is 2.18. The average molecular weight is 449 g/mol. The van der Waals surface area contributed by atoms with Crippen LogP contribution in [0.4, 0.5) is 0 Å². The van der Waals surface area contributed by atoms with Crippen LogP contribution >= 0.6 is 27.5 Å². The highest BCUT2D eigenvalue weighted by Gasteiger charge is 2.12. The van der Waals surface area contributed by atoms with Crippen LogP contribution < -0.4 is 9.47 Å². The van der Waals surface area contributed by atoms with Gasteiger partial charge in [0.1, 0.15) is 0 Å². The standard InChI is InChI=1S/C22H23BrClNO2/c1-3-4-5-6-11-27-22-20(24)13-16(14-21(22)26-2)12-18(15-25)17-7-9-19(23)10-8-17/h7-10,12-14H,3-6,11H2,1-2H3/b18-12+. The van der Waals surface area contributed by atoms with Crippen LogP contribution in [0, 0.1) is 11.3 Å². The Bertz CT molecular complexity index is 825. The Hall–Kier alpha value is -1.96. The van der Waals surface area contributed by atoms with E-state index in [1.165, 1.54) is 12.8 Å². The molecule has 0 radical (unpaired) electrons. The van der Waals surface area contributed by atoms with Gasteiger partial charge in [0, 0.05) is 4.47 Å². The maximum Gasteiger partial charge on any atom is 0.179 e. The molecule has 27 heavy (non-hydrogen) atoms. The maximum atomic E-state index is 9.53. The van der Waals surface area contributed by atoms with E-state index in [1.54, 1.807) is 19.3 Å². The van der Waals surface area contributed by atoms with Crippen LogP contribution in [0.3, 0.4) is 0 Å². The summed E-state index contributed by atoms with van der Waals surface area (Å²) in [7, 11) is 1.59. The van der Waals surface area contributed by atoms with Crippen molar-refractivity contribution in [3.63, 3.8) is 0 Å². The minimum Gasteiger partial charge on any atom is -0.493 e. The van der Waals surface area contributed by atoms with E-state index in [4.69, 9.17) is 21.1 Å². The number of ether oxygens (including phenoxy) is 2. The monoisotopic (exact) mass is 447 g/mol. The number of hydrogen-bond acceptors (Lipinski definition) is 3. The van der Waals surface area contributed by atoms with Crippen LogP contribution in [0.15, 0.2) is 40.9 Å². The van der Waals surface area contributed by atoms with Crippen LogP contribution in [-0.4, -0.2) is 13.7 Å². The first-order valence-electron chi connectivity index (χ1n) is 8.97. The molecule has 3 nitrogen and oxygen atoms in total. The molecule has 0 aliphatic heterocycles. The molecule has 0 fully saturated rings. The fourth-order valence-electron chi connectivity index (χ4n) is 2.64. The third-order valence-corrected chi connectivity index (χ3v) is 4.89. The maximum absolute atomic E-state index is 9.53. The van der Waals surface area contributed by atoms with Crippen molar-refractivity contribution in [2.75, 3.05) is 13.7 Å². The summed E-state index contributed by atoms with van der Waals surface area (Å²) in [5.74, 6) is 1.12. The molecule has 0 amide bonds. The molecule has 0 heterocycles. The van der Waals surface area contributed by atoms with Gasteiger partial charge in [-0.15, -0.1) is 0 Å². The molecule has 0 unspecified atom stereocenters. The van der Waals surface area contributed by atoms with E-state index >= 15 is 0 Å². The first-order valence-corrected chi connectivity index (χ1v) is 10.1. The van der Waals surface area contributed by atoms with E-state index in [-0.39, 0.29) is 0 Å². The quantitative estimate of drug-likeness (QED) is 0.233. The minimum atomic E-state index is 0.476. The summed E-state index contributed by atoms with van der Waals surface area (Å²) < 4.78 is 12.3. The molecule has 0 saturated carbocycles. The van der Waals surface area contributed by atoms with Gasteiger partial charge in [0.05, 0.1) is 30.4 Å². The lowest BCUT2D eigenvalue weighted by molar-refractivity contribution is 0.285. The van der Waals surface area contributed by atoms with Gasteiger partial charge in [0.2, 0.25) is 0 Å². The first kappa shape index (κ1) is 21.3. The lowest BCUT2D eigenvalue weighted by Gasteiger charge is -2.13. The van der Waals surface area contributed by atoms with Crippen molar-refractivity contribution in [1.82, 2.24) is 0 Å². The molecule has 142 valence electrons. The number of benzene rings is 2. The number of unbranched alkanes of at least 4 members (excludes halogenated alkanes) is 3. The van der Waals surface area contributed by atoms with Gasteiger partial charge < -0.3 is 9.47 Å². The van der Waals surface area contributed by atoms with Gasteiger partial charge in [0.15, 0.2) is 11.5 Å². The van der Waals surface area contributed by atoms with Gasteiger partial charge in [-0.2, -0.15) is 5.26 Å². The Kier molecular flexibility index (Phi) is 8.71. The molecule has 0 aromatic heterocycles. The molecule has 2 aromatic carbocycles.